The lowest BCUT2D eigenvalue weighted by Gasteiger charge is -2.44. The van der Waals surface area contributed by atoms with Gasteiger partial charge in [-0.25, -0.2) is 4.79 Å². The summed E-state index contributed by atoms with van der Waals surface area (Å²) in [5.74, 6) is -1.33. The van der Waals surface area contributed by atoms with Crippen molar-refractivity contribution in [3.8, 4) is 0 Å². The smallest absolute Gasteiger partial charge is 0.408 e. The molecule has 1 aromatic rings. The van der Waals surface area contributed by atoms with Crippen molar-refractivity contribution in [3.05, 3.63) is 35.4 Å². The first-order valence-corrected chi connectivity index (χ1v) is 13.8. The van der Waals surface area contributed by atoms with E-state index in [1.165, 1.54) is 4.90 Å². The lowest BCUT2D eigenvalue weighted by molar-refractivity contribution is -0.149. The van der Waals surface area contributed by atoms with Crippen LogP contribution in [0.1, 0.15) is 85.4 Å². The Kier molecular flexibility index (Phi) is 13.1. The van der Waals surface area contributed by atoms with Crippen LogP contribution in [0.5, 0.6) is 0 Å². The number of nitrogens with one attached hydrogen (secondary N) is 2. The number of ether oxygens (including phenoxy) is 2. The van der Waals surface area contributed by atoms with Gasteiger partial charge >= 0.3 is 12.1 Å². The van der Waals surface area contributed by atoms with Crippen molar-refractivity contribution in [2.24, 2.45) is 0 Å². The molecule has 2 N–H and O–H groups in total. The third-order valence-corrected chi connectivity index (χ3v) is 6.44. The van der Waals surface area contributed by atoms with Crippen molar-refractivity contribution in [2.75, 3.05) is 18.9 Å². The number of rotatable bonds is 13. The van der Waals surface area contributed by atoms with Crippen molar-refractivity contribution in [1.29, 1.82) is 0 Å². The standard InChI is InChI=1S/C28H45N3O6S/c1-9-19-12-14-20(15-13-19)23(24(33)29-17-16-22(32)36-11-3)31(28(7,8)10-2)25(34)21(18-38)30-26(35)37-27(4,5)6/h12-15,21,23,38H,9-11,16-18H2,1-8H3,(H,29,33)(H,30,35). The molecule has 10 heteroatoms. The van der Waals surface area contributed by atoms with E-state index in [4.69, 9.17) is 9.47 Å². The first-order valence-electron chi connectivity index (χ1n) is 13.2. The number of carbonyl (C=O) groups excluding carboxylic acids is 4. The molecule has 1 rings (SSSR count). The van der Waals surface area contributed by atoms with Crippen LogP contribution < -0.4 is 10.6 Å². The number of aryl methyl sites for hydroxylation is 1. The van der Waals surface area contributed by atoms with Gasteiger partial charge in [-0.15, -0.1) is 0 Å². The highest BCUT2D eigenvalue weighted by Crippen LogP contribution is 2.32. The van der Waals surface area contributed by atoms with E-state index in [-0.39, 0.29) is 25.3 Å². The van der Waals surface area contributed by atoms with Gasteiger partial charge in [0.05, 0.1) is 13.0 Å². The Morgan fingerprint density at radius 2 is 1.61 bits per heavy atom. The van der Waals surface area contributed by atoms with Gasteiger partial charge in [-0.2, -0.15) is 12.6 Å². The van der Waals surface area contributed by atoms with E-state index in [9.17, 15) is 19.2 Å². The summed E-state index contributed by atoms with van der Waals surface area (Å²) in [6, 6.07) is 5.45. The van der Waals surface area contributed by atoms with Crippen LogP contribution >= 0.6 is 12.6 Å². The molecule has 214 valence electrons. The third-order valence-electron chi connectivity index (χ3n) is 6.07. The maximum absolute atomic E-state index is 14.0. The zero-order chi connectivity index (χ0) is 29.1. The monoisotopic (exact) mass is 551 g/mol. The number of thiol groups is 1. The summed E-state index contributed by atoms with van der Waals surface area (Å²) in [4.78, 5) is 53.6. The lowest BCUT2D eigenvalue weighted by atomic mass is 9.91. The molecule has 0 fully saturated rings. The second-order valence-corrected chi connectivity index (χ2v) is 11.0. The van der Waals surface area contributed by atoms with E-state index >= 15 is 0 Å². The zero-order valence-corrected chi connectivity index (χ0v) is 24.9. The largest absolute Gasteiger partial charge is 0.466 e. The van der Waals surface area contributed by atoms with Gasteiger partial charge in [0.2, 0.25) is 11.8 Å². The number of esters is 1. The maximum Gasteiger partial charge on any atom is 0.408 e. The van der Waals surface area contributed by atoms with Crippen molar-refractivity contribution in [1.82, 2.24) is 15.5 Å². The SMILES string of the molecule is CCOC(=O)CCNC(=O)C(c1ccc(CC)cc1)N(C(=O)C(CS)NC(=O)OC(C)(C)C)C(C)(C)CC. The molecule has 0 saturated carbocycles. The molecule has 0 aliphatic rings. The average molecular weight is 552 g/mol. The number of benzene rings is 1. The second-order valence-electron chi connectivity index (χ2n) is 10.6. The van der Waals surface area contributed by atoms with Crippen LogP contribution in [0.25, 0.3) is 0 Å². The molecule has 2 atom stereocenters. The Labute approximate surface area is 232 Å². The number of nitrogens with zero attached hydrogens (tertiary/aromatic N) is 1. The van der Waals surface area contributed by atoms with Crippen molar-refractivity contribution >= 4 is 36.5 Å². The van der Waals surface area contributed by atoms with E-state index < -0.39 is 47.1 Å². The van der Waals surface area contributed by atoms with Gasteiger partial charge in [0.25, 0.3) is 0 Å². The minimum absolute atomic E-state index is 0.000338. The number of hydrogen-bond acceptors (Lipinski definition) is 7. The highest BCUT2D eigenvalue weighted by atomic mass is 32.1. The predicted octanol–water partition coefficient (Wildman–Crippen LogP) is 4.20. The van der Waals surface area contributed by atoms with E-state index in [0.29, 0.717) is 12.0 Å². The second kappa shape index (κ2) is 15.0. The molecular weight excluding hydrogens is 506 g/mol. The van der Waals surface area contributed by atoms with Crippen molar-refractivity contribution in [2.45, 2.75) is 97.9 Å². The molecule has 0 aliphatic heterocycles. The van der Waals surface area contributed by atoms with Gasteiger partial charge < -0.3 is 25.0 Å². The van der Waals surface area contributed by atoms with E-state index in [1.54, 1.807) is 27.7 Å². The summed E-state index contributed by atoms with van der Waals surface area (Å²) < 4.78 is 10.3. The summed E-state index contributed by atoms with van der Waals surface area (Å²) in [6.07, 6.45) is 0.610. The number of amides is 3. The first-order chi connectivity index (χ1) is 17.7. The lowest BCUT2D eigenvalue weighted by Crippen LogP contribution is -2.60. The Balaban J connectivity index is 3.47. The highest BCUT2D eigenvalue weighted by molar-refractivity contribution is 7.80. The van der Waals surface area contributed by atoms with Crippen LogP contribution in [-0.2, 0) is 30.3 Å². The minimum atomic E-state index is -1.04. The van der Waals surface area contributed by atoms with E-state index in [2.05, 4.69) is 23.3 Å². The molecule has 9 nitrogen and oxygen atoms in total. The van der Waals surface area contributed by atoms with Crippen LogP contribution in [0.3, 0.4) is 0 Å². The summed E-state index contributed by atoms with van der Waals surface area (Å²) in [6.45, 7) is 14.9. The summed E-state index contributed by atoms with van der Waals surface area (Å²) >= 11 is 4.32. The van der Waals surface area contributed by atoms with Crippen LogP contribution in [0.4, 0.5) is 4.79 Å². The highest BCUT2D eigenvalue weighted by Gasteiger charge is 2.42. The Hall–Kier alpha value is -2.75. The molecule has 0 bridgehead atoms. The van der Waals surface area contributed by atoms with Gasteiger partial charge in [0, 0.05) is 17.8 Å². The van der Waals surface area contributed by atoms with E-state index in [1.807, 2.05) is 52.0 Å². The topological polar surface area (TPSA) is 114 Å². The Morgan fingerprint density at radius 1 is 1.00 bits per heavy atom. The third kappa shape index (κ3) is 10.2. The van der Waals surface area contributed by atoms with Gasteiger partial charge in [-0.3, -0.25) is 14.4 Å². The van der Waals surface area contributed by atoms with Crippen LogP contribution in [0.15, 0.2) is 24.3 Å². The molecular formula is C28H45N3O6S. The normalized spacial score (nSPS) is 13.2. The molecule has 0 radical (unpaired) electrons. The number of alkyl carbamates (subject to hydrolysis) is 1. The van der Waals surface area contributed by atoms with Gasteiger partial charge in [0.1, 0.15) is 17.7 Å². The summed E-state index contributed by atoms with van der Waals surface area (Å²) in [5.41, 5.74) is 0.169. The number of hydrogen-bond donors (Lipinski definition) is 3. The minimum Gasteiger partial charge on any atom is -0.466 e. The molecule has 0 aliphatic carbocycles. The molecule has 38 heavy (non-hydrogen) atoms. The number of carbonyl (C=O) groups is 4. The molecule has 1 aromatic carbocycles. The summed E-state index contributed by atoms with van der Waals surface area (Å²) in [5, 5.41) is 5.41. The molecule has 0 spiro atoms. The fourth-order valence-electron chi connectivity index (χ4n) is 3.72. The molecule has 0 saturated heterocycles. The molecule has 2 unspecified atom stereocenters. The van der Waals surface area contributed by atoms with Crippen LogP contribution in [-0.4, -0.2) is 64.9 Å². The zero-order valence-electron chi connectivity index (χ0n) is 24.1. The van der Waals surface area contributed by atoms with E-state index in [0.717, 1.165) is 12.0 Å². The fourth-order valence-corrected chi connectivity index (χ4v) is 3.97. The maximum atomic E-state index is 14.0. The Morgan fingerprint density at radius 3 is 2.08 bits per heavy atom. The van der Waals surface area contributed by atoms with Gasteiger partial charge in [-0.05, 0) is 65.5 Å². The van der Waals surface area contributed by atoms with Gasteiger partial charge in [0.15, 0.2) is 0 Å². The molecule has 3 amide bonds. The molecule has 0 aromatic heterocycles. The first kappa shape index (κ1) is 33.3. The summed E-state index contributed by atoms with van der Waals surface area (Å²) in [7, 11) is 0. The van der Waals surface area contributed by atoms with Crippen molar-refractivity contribution < 1.29 is 28.7 Å². The molecule has 0 heterocycles. The van der Waals surface area contributed by atoms with Crippen LogP contribution in [0, 0.1) is 0 Å². The fraction of sp³-hybridized carbons (Fsp3) is 0.643. The van der Waals surface area contributed by atoms with Gasteiger partial charge in [-0.1, -0.05) is 38.1 Å². The predicted molar refractivity (Wildman–Crippen MR) is 151 cm³/mol. The van der Waals surface area contributed by atoms with Crippen LogP contribution in [0.2, 0.25) is 0 Å². The quantitative estimate of drug-likeness (QED) is 0.250. The Bertz CT molecular complexity index is 943. The average Bonchev–Trinajstić information content (AvgIpc) is 2.84. The van der Waals surface area contributed by atoms with Crippen molar-refractivity contribution in [3.63, 3.8) is 0 Å².